The van der Waals surface area contributed by atoms with Crippen LogP contribution >= 0.6 is 0 Å². The number of aromatic nitrogens is 2. The summed E-state index contributed by atoms with van der Waals surface area (Å²) in [6.07, 6.45) is 4.59. The number of nitrogens with one attached hydrogen (secondary N) is 1. The van der Waals surface area contributed by atoms with E-state index >= 15 is 0 Å². The molecule has 0 fully saturated rings. The van der Waals surface area contributed by atoms with E-state index in [1.807, 2.05) is 12.1 Å². The van der Waals surface area contributed by atoms with Crippen molar-refractivity contribution >= 4 is 5.91 Å². The largest absolute Gasteiger partial charge is 0.443 e. The topological polar surface area (TPSA) is 91.8 Å². The van der Waals surface area contributed by atoms with E-state index in [1.54, 1.807) is 42.7 Å². The number of hydrogen-bond acceptors (Lipinski definition) is 5. The lowest BCUT2D eigenvalue weighted by atomic mass is 10.1. The summed E-state index contributed by atoms with van der Waals surface area (Å²) in [6, 6.07) is 12.5. The summed E-state index contributed by atoms with van der Waals surface area (Å²) < 4.78 is 5.33. The molecule has 0 radical (unpaired) electrons. The van der Waals surface area contributed by atoms with Crippen LogP contribution in [0.2, 0.25) is 0 Å². The van der Waals surface area contributed by atoms with E-state index < -0.39 is 0 Å². The van der Waals surface area contributed by atoms with E-state index in [0.29, 0.717) is 23.4 Å². The standard InChI is InChI=1S/C17H12N4O2/c18-8-12-3-5-14(6-4-12)16-15(21-11-23-16)17(22)20-10-13-2-1-7-19-9-13/h1-7,9,11H,10H2,(H,20,22). The van der Waals surface area contributed by atoms with Gasteiger partial charge in [-0.1, -0.05) is 6.07 Å². The van der Waals surface area contributed by atoms with E-state index in [9.17, 15) is 4.79 Å². The van der Waals surface area contributed by atoms with Crippen LogP contribution in [0.3, 0.4) is 0 Å². The van der Waals surface area contributed by atoms with Gasteiger partial charge in [-0.2, -0.15) is 5.26 Å². The number of carbonyl (C=O) groups is 1. The predicted octanol–water partition coefficient (Wildman–Crippen LogP) is 2.54. The first-order chi connectivity index (χ1) is 11.3. The molecule has 6 nitrogen and oxygen atoms in total. The van der Waals surface area contributed by atoms with Crippen LogP contribution in [0.5, 0.6) is 0 Å². The van der Waals surface area contributed by atoms with Crippen molar-refractivity contribution < 1.29 is 9.21 Å². The molecule has 0 aliphatic heterocycles. The highest BCUT2D eigenvalue weighted by molar-refractivity contribution is 5.97. The van der Waals surface area contributed by atoms with Gasteiger partial charge in [0.2, 0.25) is 0 Å². The van der Waals surface area contributed by atoms with Gasteiger partial charge in [-0.05, 0) is 35.9 Å². The van der Waals surface area contributed by atoms with Crippen LogP contribution in [-0.2, 0) is 6.54 Å². The zero-order valence-electron chi connectivity index (χ0n) is 12.1. The fourth-order valence-corrected chi connectivity index (χ4v) is 2.08. The molecule has 0 saturated carbocycles. The van der Waals surface area contributed by atoms with Gasteiger partial charge in [0.1, 0.15) is 0 Å². The molecule has 3 aromatic rings. The fourth-order valence-electron chi connectivity index (χ4n) is 2.08. The van der Waals surface area contributed by atoms with Crippen LogP contribution in [-0.4, -0.2) is 15.9 Å². The molecule has 6 heteroatoms. The maximum atomic E-state index is 12.3. The number of hydrogen-bond donors (Lipinski definition) is 1. The average Bonchev–Trinajstić information content (AvgIpc) is 3.10. The maximum absolute atomic E-state index is 12.3. The van der Waals surface area contributed by atoms with Crippen molar-refractivity contribution in [3.05, 3.63) is 72.0 Å². The minimum Gasteiger partial charge on any atom is -0.443 e. The third-order valence-electron chi connectivity index (χ3n) is 3.23. The molecule has 23 heavy (non-hydrogen) atoms. The number of pyridine rings is 1. The van der Waals surface area contributed by atoms with Crippen LogP contribution in [0, 0.1) is 11.3 Å². The Balaban J connectivity index is 1.77. The molecule has 1 N–H and O–H groups in total. The van der Waals surface area contributed by atoms with Crippen molar-refractivity contribution in [2.45, 2.75) is 6.54 Å². The molecule has 0 unspecified atom stereocenters. The monoisotopic (exact) mass is 304 g/mol. The number of amides is 1. The van der Waals surface area contributed by atoms with Gasteiger partial charge in [0, 0.05) is 24.5 Å². The quantitative estimate of drug-likeness (QED) is 0.799. The zero-order chi connectivity index (χ0) is 16.1. The molecule has 2 aromatic heterocycles. The molecule has 3 rings (SSSR count). The van der Waals surface area contributed by atoms with Gasteiger partial charge in [-0.15, -0.1) is 0 Å². The van der Waals surface area contributed by atoms with Crippen LogP contribution in [0.25, 0.3) is 11.3 Å². The highest BCUT2D eigenvalue weighted by atomic mass is 16.3. The van der Waals surface area contributed by atoms with Crippen LogP contribution in [0.15, 0.2) is 59.6 Å². The summed E-state index contributed by atoms with van der Waals surface area (Å²) in [6.45, 7) is 0.354. The predicted molar refractivity (Wildman–Crippen MR) is 82.1 cm³/mol. The van der Waals surface area contributed by atoms with Gasteiger partial charge in [0.25, 0.3) is 5.91 Å². The summed E-state index contributed by atoms with van der Waals surface area (Å²) in [7, 11) is 0. The van der Waals surface area contributed by atoms with E-state index in [2.05, 4.69) is 15.3 Å². The van der Waals surface area contributed by atoms with Gasteiger partial charge in [0.05, 0.1) is 11.6 Å². The van der Waals surface area contributed by atoms with Crippen LogP contribution < -0.4 is 5.32 Å². The molecule has 0 saturated heterocycles. The number of carbonyl (C=O) groups excluding carboxylic acids is 1. The van der Waals surface area contributed by atoms with Gasteiger partial charge in [-0.3, -0.25) is 9.78 Å². The highest BCUT2D eigenvalue weighted by Gasteiger charge is 2.18. The molecular formula is C17H12N4O2. The van der Waals surface area contributed by atoms with E-state index in [-0.39, 0.29) is 11.6 Å². The van der Waals surface area contributed by atoms with Crippen molar-refractivity contribution in [3.63, 3.8) is 0 Å². The molecule has 0 aliphatic carbocycles. The Kier molecular flexibility index (Phi) is 4.11. The van der Waals surface area contributed by atoms with Gasteiger partial charge in [-0.25, -0.2) is 4.98 Å². The minimum absolute atomic E-state index is 0.207. The van der Waals surface area contributed by atoms with Crippen molar-refractivity contribution in [1.82, 2.24) is 15.3 Å². The minimum atomic E-state index is -0.332. The summed E-state index contributed by atoms with van der Waals surface area (Å²) in [4.78, 5) is 20.3. The normalized spacial score (nSPS) is 10.0. The van der Waals surface area contributed by atoms with Gasteiger partial charge >= 0.3 is 0 Å². The number of nitriles is 1. The van der Waals surface area contributed by atoms with Crippen molar-refractivity contribution in [3.8, 4) is 17.4 Å². The number of rotatable bonds is 4. The molecule has 1 aromatic carbocycles. The summed E-state index contributed by atoms with van der Waals surface area (Å²) in [5.41, 5.74) is 2.33. The number of nitrogens with zero attached hydrogens (tertiary/aromatic N) is 3. The van der Waals surface area contributed by atoms with Crippen LogP contribution in [0.4, 0.5) is 0 Å². The van der Waals surface area contributed by atoms with E-state index in [4.69, 9.17) is 9.68 Å². The molecular weight excluding hydrogens is 292 g/mol. The molecule has 0 bridgehead atoms. The zero-order valence-corrected chi connectivity index (χ0v) is 12.1. The lowest BCUT2D eigenvalue weighted by Crippen LogP contribution is -2.23. The smallest absolute Gasteiger partial charge is 0.274 e. The highest BCUT2D eigenvalue weighted by Crippen LogP contribution is 2.23. The third-order valence-corrected chi connectivity index (χ3v) is 3.23. The molecule has 0 aliphatic rings. The second-order valence-electron chi connectivity index (χ2n) is 4.76. The molecule has 1 amide bonds. The van der Waals surface area contributed by atoms with E-state index in [0.717, 1.165) is 5.56 Å². The van der Waals surface area contributed by atoms with E-state index in [1.165, 1.54) is 6.39 Å². The SMILES string of the molecule is N#Cc1ccc(-c2ocnc2C(=O)NCc2cccnc2)cc1. The molecule has 2 heterocycles. The Bertz CT molecular complexity index is 848. The second-order valence-corrected chi connectivity index (χ2v) is 4.76. The van der Waals surface area contributed by atoms with Gasteiger partial charge < -0.3 is 9.73 Å². The summed E-state index contributed by atoms with van der Waals surface area (Å²) >= 11 is 0. The van der Waals surface area contributed by atoms with Crippen molar-refractivity contribution in [2.75, 3.05) is 0 Å². The first kappa shape index (κ1) is 14.5. The molecule has 0 spiro atoms. The molecule has 0 atom stereocenters. The Hall–Kier alpha value is -3.46. The van der Waals surface area contributed by atoms with Crippen molar-refractivity contribution in [2.24, 2.45) is 0 Å². The average molecular weight is 304 g/mol. The maximum Gasteiger partial charge on any atom is 0.274 e. The number of oxazole rings is 1. The fraction of sp³-hybridized carbons (Fsp3) is 0.0588. The first-order valence-corrected chi connectivity index (χ1v) is 6.89. The molecule has 112 valence electrons. The van der Waals surface area contributed by atoms with Crippen molar-refractivity contribution in [1.29, 1.82) is 5.26 Å². The summed E-state index contributed by atoms with van der Waals surface area (Å²) in [5, 5.41) is 11.6. The number of benzene rings is 1. The van der Waals surface area contributed by atoms with Crippen LogP contribution in [0.1, 0.15) is 21.6 Å². The Morgan fingerprint density at radius 1 is 1.26 bits per heavy atom. The lowest BCUT2D eigenvalue weighted by molar-refractivity contribution is 0.0946. The Morgan fingerprint density at radius 3 is 2.78 bits per heavy atom. The Morgan fingerprint density at radius 2 is 2.09 bits per heavy atom. The lowest BCUT2D eigenvalue weighted by Gasteiger charge is -2.04. The Labute approximate surface area is 132 Å². The summed E-state index contributed by atoms with van der Waals surface area (Å²) in [5.74, 6) is 0.0418. The van der Waals surface area contributed by atoms with Gasteiger partial charge in [0.15, 0.2) is 17.8 Å². The second kappa shape index (κ2) is 6.54. The first-order valence-electron chi connectivity index (χ1n) is 6.89. The third kappa shape index (κ3) is 3.24.